The first-order valence-corrected chi connectivity index (χ1v) is 14.9. The van der Waals surface area contributed by atoms with Crippen LogP contribution in [-0.2, 0) is 4.79 Å². The zero-order chi connectivity index (χ0) is 28.7. The number of phenols is 1. The second-order valence-electron chi connectivity index (χ2n) is 10.5. The molecule has 2 N–H and O–H groups in total. The molecule has 0 saturated heterocycles. The fraction of sp³-hybridized carbons (Fsp3) is 0.471. The number of unbranched alkanes of at least 4 members (excludes halogenated alkanes) is 11. The molecule has 216 valence electrons. The summed E-state index contributed by atoms with van der Waals surface area (Å²) in [5.74, 6) is -0.0452. The summed E-state index contributed by atoms with van der Waals surface area (Å²) in [6, 6.07) is 16.0. The summed E-state index contributed by atoms with van der Waals surface area (Å²) in [7, 11) is 1.54. The first kappa shape index (κ1) is 31.0. The maximum absolute atomic E-state index is 13.0. The largest absolute Gasteiger partial charge is 0.506 e. The van der Waals surface area contributed by atoms with Gasteiger partial charge in [0, 0.05) is 24.2 Å². The maximum atomic E-state index is 13.0. The van der Waals surface area contributed by atoms with Gasteiger partial charge in [0.1, 0.15) is 11.5 Å². The van der Waals surface area contributed by atoms with Crippen LogP contribution < -0.4 is 15.0 Å². The molecule has 0 bridgehead atoms. The van der Waals surface area contributed by atoms with Gasteiger partial charge in [-0.05, 0) is 30.7 Å². The predicted octanol–water partition coefficient (Wildman–Crippen LogP) is 8.86. The van der Waals surface area contributed by atoms with Crippen molar-refractivity contribution in [2.24, 2.45) is 0 Å². The highest BCUT2D eigenvalue weighted by Gasteiger charge is 2.19. The molecule has 0 aliphatic heterocycles. The Labute approximate surface area is 239 Å². The molecule has 40 heavy (non-hydrogen) atoms. The van der Waals surface area contributed by atoms with E-state index in [1.165, 1.54) is 71.3 Å². The topological polar surface area (TPSA) is 78.9 Å². The molecule has 0 aliphatic rings. The van der Waals surface area contributed by atoms with E-state index in [2.05, 4.69) is 12.2 Å². The number of hydrogen-bond donors (Lipinski definition) is 2. The van der Waals surface area contributed by atoms with Gasteiger partial charge in [0.15, 0.2) is 0 Å². The standard InChI is InChI=1S/C34H46N2O4/c1-4-5-6-7-8-9-10-11-12-13-14-17-25-36(26(2)37)31-21-18-19-28-27(31)23-24-29(33(28)38)34(39)35-30-20-15-16-22-32(30)40-3/h15-16,18-24,38H,4-14,17,25H2,1-3H3,(H,35,39). The number of ether oxygens (including phenoxy) is 1. The fourth-order valence-corrected chi connectivity index (χ4v) is 5.24. The summed E-state index contributed by atoms with van der Waals surface area (Å²) in [5.41, 5.74) is 1.43. The van der Waals surface area contributed by atoms with E-state index < -0.39 is 5.91 Å². The Morgan fingerprint density at radius 1 is 0.775 bits per heavy atom. The third-order valence-electron chi connectivity index (χ3n) is 7.52. The summed E-state index contributed by atoms with van der Waals surface area (Å²) >= 11 is 0. The minimum atomic E-state index is -0.436. The van der Waals surface area contributed by atoms with Crippen LogP contribution in [0.4, 0.5) is 11.4 Å². The number of aromatic hydroxyl groups is 1. The van der Waals surface area contributed by atoms with Crippen molar-refractivity contribution < 1.29 is 19.4 Å². The summed E-state index contributed by atoms with van der Waals surface area (Å²) in [6.07, 6.45) is 15.2. The Bertz CT molecular complexity index is 1240. The lowest BCUT2D eigenvalue weighted by Crippen LogP contribution is -2.29. The van der Waals surface area contributed by atoms with Crippen LogP contribution in [0.25, 0.3) is 10.8 Å². The molecule has 2 amide bonds. The van der Waals surface area contributed by atoms with Crippen molar-refractivity contribution in [1.82, 2.24) is 0 Å². The molecule has 6 nitrogen and oxygen atoms in total. The molecule has 6 heteroatoms. The molecule has 3 aromatic rings. The Kier molecular flexibility index (Phi) is 12.8. The number of para-hydroxylation sites is 2. The van der Waals surface area contributed by atoms with E-state index in [1.54, 1.807) is 48.2 Å². The second kappa shape index (κ2) is 16.5. The number of rotatable bonds is 17. The Morgan fingerprint density at radius 2 is 1.40 bits per heavy atom. The van der Waals surface area contributed by atoms with Crippen LogP contribution in [0.3, 0.4) is 0 Å². The second-order valence-corrected chi connectivity index (χ2v) is 10.5. The van der Waals surface area contributed by atoms with Crippen LogP contribution in [0.5, 0.6) is 11.5 Å². The number of anilines is 2. The SMILES string of the molecule is CCCCCCCCCCCCCCN(C(C)=O)c1cccc2c(O)c(C(=O)Nc3ccccc3OC)ccc12. The van der Waals surface area contributed by atoms with Gasteiger partial charge in [-0.3, -0.25) is 9.59 Å². The van der Waals surface area contributed by atoms with Crippen molar-refractivity contribution in [2.75, 3.05) is 23.9 Å². The van der Waals surface area contributed by atoms with E-state index in [0.717, 1.165) is 23.9 Å². The third-order valence-corrected chi connectivity index (χ3v) is 7.52. The molecule has 0 atom stereocenters. The Hall–Kier alpha value is -3.54. The molecule has 3 rings (SSSR count). The number of amides is 2. The van der Waals surface area contributed by atoms with Crippen LogP contribution in [0, 0.1) is 0 Å². The van der Waals surface area contributed by atoms with Crippen molar-refractivity contribution in [2.45, 2.75) is 90.9 Å². The lowest BCUT2D eigenvalue weighted by molar-refractivity contribution is -0.116. The van der Waals surface area contributed by atoms with Gasteiger partial charge in [0.25, 0.3) is 5.91 Å². The maximum Gasteiger partial charge on any atom is 0.259 e. The van der Waals surface area contributed by atoms with Crippen molar-refractivity contribution >= 4 is 34.0 Å². The first-order valence-electron chi connectivity index (χ1n) is 14.9. The van der Waals surface area contributed by atoms with Gasteiger partial charge < -0.3 is 20.1 Å². The molecule has 0 aromatic heterocycles. The minimum absolute atomic E-state index is 0.0342. The molecule has 0 aliphatic carbocycles. The average Bonchev–Trinajstić information content (AvgIpc) is 2.96. The number of carbonyl (C=O) groups excluding carboxylic acids is 2. The average molecular weight is 547 g/mol. The van der Waals surface area contributed by atoms with Gasteiger partial charge in [-0.1, -0.05) is 108 Å². The first-order chi connectivity index (χ1) is 19.5. The third kappa shape index (κ3) is 8.73. The van der Waals surface area contributed by atoms with Crippen LogP contribution in [0.15, 0.2) is 54.6 Å². The molecular weight excluding hydrogens is 500 g/mol. The Morgan fingerprint density at radius 3 is 2.02 bits per heavy atom. The van der Waals surface area contributed by atoms with Gasteiger partial charge in [0.05, 0.1) is 24.0 Å². The van der Waals surface area contributed by atoms with Gasteiger partial charge in [-0.15, -0.1) is 0 Å². The van der Waals surface area contributed by atoms with Crippen molar-refractivity contribution in [3.63, 3.8) is 0 Å². The molecule has 0 radical (unpaired) electrons. The van der Waals surface area contributed by atoms with Crippen LogP contribution in [-0.4, -0.2) is 30.6 Å². The Balaban J connectivity index is 1.59. The van der Waals surface area contributed by atoms with Crippen molar-refractivity contribution in [3.05, 3.63) is 60.2 Å². The minimum Gasteiger partial charge on any atom is -0.506 e. The zero-order valence-electron chi connectivity index (χ0n) is 24.5. The van der Waals surface area contributed by atoms with Gasteiger partial charge in [-0.2, -0.15) is 0 Å². The number of carbonyl (C=O) groups is 2. The smallest absolute Gasteiger partial charge is 0.259 e. The summed E-state index contributed by atoms with van der Waals surface area (Å²) < 4.78 is 5.32. The van der Waals surface area contributed by atoms with Crippen LogP contribution >= 0.6 is 0 Å². The van der Waals surface area contributed by atoms with Gasteiger partial charge >= 0.3 is 0 Å². The van der Waals surface area contributed by atoms with Crippen LogP contribution in [0.2, 0.25) is 0 Å². The number of methoxy groups -OCH3 is 1. The van der Waals surface area contributed by atoms with Crippen molar-refractivity contribution in [3.8, 4) is 11.5 Å². The lowest BCUT2D eigenvalue weighted by Gasteiger charge is -2.23. The van der Waals surface area contributed by atoms with Gasteiger partial charge in [-0.25, -0.2) is 0 Å². The number of nitrogens with zero attached hydrogens (tertiary/aromatic N) is 1. The number of hydrogen-bond acceptors (Lipinski definition) is 4. The highest BCUT2D eigenvalue weighted by Crippen LogP contribution is 2.36. The zero-order valence-corrected chi connectivity index (χ0v) is 24.5. The highest BCUT2D eigenvalue weighted by molar-refractivity contribution is 6.12. The number of nitrogens with one attached hydrogen (secondary N) is 1. The summed E-state index contributed by atoms with van der Waals surface area (Å²) in [6.45, 7) is 4.46. The monoisotopic (exact) mass is 546 g/mol. The fourth-order valence-electron chi connectivity index (χ4n) is 5.24. The summed E-state index contributed by atoms with van der Waals surface area (Å²) in [4.78, 5) is 27.4. The van der Waals surface area contributed by atoms with Gasteiger partial charge in [0.2, 0.25) is 5.91 Å². The van der Waals surface area contributed by atoms with E-state index in [-0.39, 0.29) is 17.2 Å². The van der Waals surface area contributed by atoms with E-state index in [4.69, 9.17) is 4.74 Å². The lowest BCUT2D eigenvalue weighted by atomic mass is 10.0. The van der Waals surface area contributed by atoms with E-state index in [0.29, 0.717) is 23.4 Å². The summed E-state index contributed by atoms with van der Waals surface area (Å²) in [5, 5.41) is 15.2. The van der Waals surface area contributed by atoms with E-state index >= 15 is 0 Å². The molecule has 0 heterocycles. The van der Waals surface area contributed by atoms with E-state index in [9.17, 15) is 14.7 Å². The van der Waals surface area contributed by atoms with E-state index in [1.807, 2.05) is 18.2 Å². The normalized spacial score (nSPS) is 11.0. The number of benzene rings is 3. The van der Waals surface area contributed by atoms with Crippen molar-refractivity contribution in [1.29, 1.82) is 0 Å². The predicted molar refractivity (Wildman–Crippen MR) is 166 cm³/mol. The van der Waals surface area contributed by atoms with Crippen LogP contribution in [0.1, 0.15) is 101 Å². The molecule has 0 saturated carbocycles. The molecule has 0 fully saturated rings. The number of phenolic OH excluding ortho intramolecular Hbond substituents is 1. The molecule has 3 aromatic carbocycles. The molecule has 0 unspecified atom stereocenters. The molecule has 0 spiro atoms. The highest BCUT2D eigenvalue weighted by atomic mass is 16.5. The quantitative estimate of drug-likeness (QED) is 0.166. The molecular formula is C34H46N2O4. The number of fused-ring (bicyclic) bond motifs is 1.